The second-order valence-electron chi connectivity index (χ2n) is 9.37. The highest BCUT2D eigenvalue weighted by Crippen LogP contribution is 2.35. The highest BCUT2D eigenvalue weighted by atomic mass is 16.4. The number of aliphatic carboxylic acids is 1. The van der Waals surface area contributed by atoms with E-state index in [0.29, 0.717) is 5.92 Å². The van der Waals surface area contributed by atoms with Crippen LogP contribution in [0.25, 0.3) is 0 Å². The fraction of sp³-hybridized carbons (Fsp3) is 0.692. The molecule has 1 heterocycles. The summed E-state index contributed by atoms with van der Waals surface area (Å²) in [5.74, 6) is 5.12. The summed E-state index contributed by atoms with van der Waals surface area (Å²) in [4.78, 5) is 13.2. The largest absolute Gasteiger partial charge is 0.480 e. The first kappa shape index (κ1) is 29.7. The van der Waals surface area contributed by atoms with Gasteiger partial charge in [-0.3, -0.25) is 9.69 Å². The van der Waals surface area contributed by atoms with Gasteiger partial charge in [-0.1, -0.05) is 44.4 Å². The predicted octanol–water partition coefficient (Wildman–Crippen LogP) is 4.40. The van der Waals surface area contributed by atoms with Crippen LogP contribution < -0.4 is 11.2 Å². The van der Waals surface area contributed by atoms with Gasteiger partial charge in [0.25, 0.3) is 0 Å². The van der Waals surface area contributed by atoms with E-state index < -0.39 is 5.97 Å². The fourth-order valence-electron chi connectivity index (χ4n) is 4.87. The van der Waals surface area contributed by atoms with E-state index in [-0.39, 0.29) is 12.1 Å². The molecule has 1 aliphatic carbocycles. The average Bonchev–Trinajstić information content (AvgIpc) is 2.82. The van der Waals surface area contributed by atoms with E-state index in [0.717, 1.165) is 38.5 Å². The minimum absolute atomic E-state index is 0.264. The maximum absolute atomic E-state index is 10.8. The molecule has 0 amide bonds. The number of nitrogens with zero attached hydrogens (tertiary/aromatic N) is 4. The van der Waals surface area contributed by atoms with Crippen LogP contribution in [0.3, 0.4) is 0 Å². The standard InChI is InChI=1S/C15H25N3.C10H17NO2.CH4N2/c1-6-18(10-13(3)17-16-5)11-15-9-7-8-12(2)14(15)4;12-10(13)9-5-7-3-1-2-4-8(7)6-11-9;1-3-2/h7-9,13H,6,10-11H2,1-5H3;7-9,11H,1-6H2,(H,12,13);1-2H2. The zero-order chi connectivity index (χ0) is 25.5. The molecule has 1 saturated carbocycles. The molecule has 4 N–H and O–H groups in total. The predicted molar refractivity (Wildman–Crippen MR) is 140 cm³/mol. The molecular formula is C26H46N6O2. The first-order valence-electron chi connectivity index (χ1n) is 12.5. The molecule has 0 aromatic heterocycles. The highest BCUT2D eigenvalue weighted by molar-refractivity contribution is 5.73. The Bertz CT molecular complexity index is 770. The van der Waals surface area contributed by atoms with Gasteiger partial charge in [-0.2, -0.15) is 15.3 Å². The number of hydrogen-bond donors (Lipinski definition) is 3. The quantitative estimate of drug-likeness (QED) is 0.234. The van der Waals surface area contributed by atoms with Crippen molar-refractivity contribution in [3.05, 3.63) is 34.9 Å². The van der Waals surface area contributed by atoms with Gasteiger partial charge in [-0.05, 0) is 75.2 Å². The monoisotopic (exact) mass is 474 g/mol. The third-order valence-electron chi connectivity index (χ3n) is 6.92. The number of nitrogens with two attached hydrogens (primary N) is 1. The summed E-state index contributed by atoms with van der Waals surface area (Å²) in [6.07, 6.45) is 6.02. The Morgan fingerprint density at radius 3 is 2.53 bits per heavy atom. The molecule has 34 heavy (non-hydrogen) atoms. The second kappa shape index (κ2) is 16.3. The van der Waals surface area contributed by atoms with Crippen LogP contribution in [0.5, 0.6) is 0 Å². The number of fused-ring (bicyclic) bond motifs is 1. The fourth-order valence-corrected chi connectivity index (χ4v) is 4.87. The van der Waals surface area contributed by atoms with Gasteiger partial charge in [0.05, 0.1) is 6.04 Å². The molecule has 0 bridgehead atoms. The van der Waals surface area contributed by atoms with E-state index in [4.69, 9.17) is 5.11 Å². The number of likely N-dealkylation sites (N-methyl/N-ethyl adjacent to an activating group) is 1. The summed E-state index contributed by atoms with van der Waals surface area (Å²) in [7, 11) is 1.73. The lowest BCUT2D eigenvalue weighted by Crippen LogP contribution is -2.48. The number of hydrogen-bond acceptors (Lipinski definition) is 7. The van der Waals surface area contributed by atoms with Crippen LogP contribution in [-0.2, 0) is 11.3 Å². The molecule has 2 aliphatic rings. The van der Waals surface area contributed by atoms with Crippen molar-refractivity contribution in [3.63, 3.8) is 0 Å². The number of hydrazone groups is 1. The Labute approximate surface area is 206 Å². The van der Waals surface area contributed by atoms with Crippen LogP contribution in [0, 0.1) is 25.7 Å². The number of carboxylic acids is 1. The summed E-state index contributed by atoms with van der Waals surface area (Å²) >= 11 is 0. The van der Waals surface area contributed by atoms with Gasteiger partial charge in [-0.15, -0.1) is 0 Å². The minimum Gasteiger partial charge on any atom is -0.480 e. The van der Waals surface area contributed by atoms with Gasteiger partial charge < -0.3 is 16.3 Å². The van der Waals surface area contributed by atoms with Crippen LogP contribution in [-0.4, -0.2) is 61.5 Å². The number of carbonyl (C=O) groups is 1. The summed E-state index contributed by atoms with van der Waals surface area (Å²) in [5, 5.41) is 22.8. The van der Waals surface area contributed by atoms with Gasteiger partial charge in [-0.25, -0.2) is 0 Å². The molecule has 0 spiro atoms. The molecule has 3 rings (SSSR count). The van der Waals surface area contributed by atoms with Crippen LogP contribution in [0.15, 0.2) is 33.5 Å². The van der Waals surface area contributed by atoms with Gasteiger partial charge >= 0.3 is 5.97 Å². The summed E-state index contributed by atoms with van der Waals surface area (Å²) in [6.45, 7) is 15.5. The van der Waals surface area contributed by atoms with E-state index in [9.17, 15) is 4.79 Å². The molecule has 2 fully saturated rings. The minimum atomic E-state index is -0.677. The summed E-state index contributed by atoms with van der Waals surface area (Å²) in [5.41, 5.74) is 4.18. The van der Waals surface area contributed by atoms with Gasteiger partial charge in [0.15, 0.2) is 0 Å². The Morgan fingerprint density at radius 1 is 1.29 bits per heavy atom. The zero-order valence-corrected chi connectivity index (χ0v) is 21.8. The summed E-state index contributed by atoms with van der Waals surface area (Å²) < 4.78 is 0. The Balaban J connectivity index is 0.000000316. The van der Waals surface area contributed by atoms with Crippen molar-refractivity contribution in [2.24, 2.45) is 33.0 Å². The maximum Gasteiger partial charge on any atom is 0.320 e. The number of rotatable bonds is 7. The van der Waals surface area contributed by atoms with Crippen molar-refractivity contribution in [2.45, 2.75) is 78.4 Å². The number of azo groups is 1. The molecule has 1 saturated heterocycles. The first-order valence-corrected chi connectivity index (χ1v) is 12.5. The normalized spacial score (nSPS) is 22.6. The van der Waals surface area contributed by atoms with E-state index in [1.165, 1.54) is 42.4 Å². The SMILES string of the molecule is C=NN.CCN(Cc1cccc(C)c1C)CC(C)N=NC.O=C(O)C1CC2CCCCC2CN1. The van der Waals surface area contributed by atoms with Crippen LogP contribution >= 0.6 is 0 Å². The summed E-state index contributed by atoms with van der Waals surface area (Å²) in [6, 6.07) is 6.51. The lowest BCUT2D eigenvalue weighted by Gasteiger charge is -2.38. The van der Waals surface area contributed by atoms with Crippen molar-refractivity contribution >= 4 is 12.7 Å². The van der Waals surface area contributed by atoms with Crippen LogP contribution in [0.4, 0.5) is 0 Å². The third kappa shape index (κ3) is 10.3. The Kier molecular flexibility index (Phi) is 14.3. The van der Waals surface area contributed by atoms with Crippen LogP contribution in [0.1, 0.15) is 62.6 Å². The van der Waals surface area contributed by atoms with E-state index >= 15 is 0 Å². The van der Waals surface area contributed by atoms with Crippen molar-refractivity contribution in [3.8, 4) is 0 Å². The molecular weight excluding hydrogens is 428 g/mol. The Hall–Kier alpha value is -2.32. The zero-order valence-electron chi connectivity index (χ0n) is 21.8. The molecule has 4 atom stereocenters. The first-order chi connectivity index (χ1) is 16.3. The van der Waals surface area contributed by atoms with E-state index in [1.807, 2.05) is 0 Å². The highest BCUT2D eigenvalue weighted by Gasteiger charge is 2.34. The van der Waals surface area contributed by atoms with Crippen molar-refractivity contribution in [1.82, 2.24) is 10.2 Å². The lowest BCUT2D eigenvalue weighted by atomic mass is 9.74. The number of aryl methyl sites for hydroxylation is 1. The van der Waals surface area contributed by atoms with Crippen molar-refractivity contribution < 1.29 is 9.90 Å². The topological polar surface area (TPSA) is 116 Å². The van der Waals surface area contributed by atoms with Crippen LogP contribution in [0.2, 0.25) is 0 Å². The number of nitrogens with one attached hydrogen (secondary N) is 1. The Morgan fingerprint density at radius 2 is 1.94 bits per heavy atom. The van der Waals surface area contributed by atoms with E-state index in [2.05, 4.69) is 84.0 Å². The van der Waals surface area contributed by atoms with Crippen molar-refractivity contribution in [2.75, 3.05) is 26.7 Å². The molecule has 0 radical (unpaired) electrons. The van der Waals surface area contributed by atoms with Gasteiger partial charge in [0.2, 0.25) is 0 Å². The molecule has 8 heteroatoms. The maximum atomic E-state index is 10.8. The molecule has 1 aromatic rings. The average molecular weight is 475 g/mol. The number of piperidine rings is 1. The van der Waals surface area contributed by atoms with Gasteiger partial charge in [0, 0.05) is 26.9 Å². The van der Waals surface area contributed by atoms with Crippen molar-refractivity contribution in [1.29, 1.82) is 0 Å². The molecule has 1 aliphatic heterocycles. The smallest absolute Gasteiger partial charge is 0.320 e. The molecule has 1 aromatic carbocycles. The van der Waals surface area contributed by atoms with Gasteiger partial charge in [0.1, 0.15) is 6.04 Å². The second-order valence-corrected chi connectivity index (χ2v) is 9.37. The van der Waals surface area contributed by atoms with E-state index in [1.54, 1.807) is 7.05 Å². The molecule has 192 valence electrons. The molecule has 8 nitrogen and oxygen atoms in total. The lowest BCUT2D eigenvalue weighted by molar-refractivity contribution is -0.141. The molecule has 4 unspecified atom stereocenters. The number of carboxylic acid groups (broad SMARTS) is 1. The number of benzene rings is 1. The third-order valence-corrected chi connectivity index (χ3v) is 6.92.